The highest BCUT2D eigenvalue weighted by Gasteiger charge is 2.30. The monoisotopic (exact) mass is 1040 g/mol. The fourth-order valence-electron chi connectivity index (χ4n) is 7.74. The van der Waals surface area contributed by atoms with Crippen molar-refractivity contribution in [2.45, 2.75) is 238 Å². The standard InChI is InChI=1S/C63H109N2O7P/c1-7-10-13-16-19-22-25-28-30-31-32-33-34-35-36-37-40-43-46-49-52-55-62(66)64-60(59-71-73(68,69)70-58-57-65(4,5)6)61(54-51-48-45-42-39-27-24-21-18-15-12-9-3)72-63(67)56-53-50-47-44-41-38-29-26-23-20-17-14-11-8-2/h10-11,13-14,19-20,22-23,28,30,32-33,35-36,40,43,51,54,60-61H,7-9,12,15-18,21,24-27,29,31,34,37-39,41-42,44-50,52-53,55-59H2,1-6H3,(H-,64,66,68,69)/p+1/b13-10-,14-11+,22-19-,23-20+,30-28-,33-32-,36-35-,43-40-,54-51-. The number of hydrogen-bond donors (Lipinski definition) is 2. The zero-order chi connectivity index (χ0) is 53.6. The van der Waals surface area contributed by atoms with E-state index in [1.54, 1.807) is 0 Å². The van der Waals surface area contributed by atoms with E-state index in [2.05, 4.69) is 123 Å². The molecule has 3 atom stereocenters. The number of carbonyl (C=O) groups is 2. The number of carbonyl (C=O) groups excluding carboxylic acids is 2. The van der Waals surface area contributed by atoms with Crippen molar-refractivity contribution >= 4 is 19.7 Å². The Morgan fingerprint density at radius 1 is 0.493 bits per heavy atom. The third-order valence-corrected chi connectivity index (χ3v) is 13.2. The summed E-state index contributed by atoms with van der Waals surface area (Å²) in [5.74, 6) is -0.574. The Labute approximate surface area is 449 Å². The van der Waals surface area contributed by atoms with Gasteiger partial charge < -0.3 is 19.4 Å². The molecule has 0 aromatic heterocycles. The number of rotatable bonds is 51. The first-order valence-corrected chi connectivity index (χ1v) is 30.7. The largest absolute Gasteiger partial charge is 0.472 e. The molecule has 9 nitrogen and oxygen atoms in total. The van der Waals surface area contributed by atoms with E-state index in [0.29, 0.717) is 17.4 Å². The first kappa shape index (κ1) is 69.7. The summed E-state index contributed by atoms with van der Waals surface area (Å²) in [6, 6.07) is -0.881. The Morgan fingerprint density at radius 3 is 1.33 bits per heavy atom. The van der Waals surface area contributed by atoms with Gasteiger partial charge in [0.05, 0.1) is 33.8 Å². The Kier molecular flexibility index (Phi) is 49.7. The molecule has 0 heterocycles. The van der Waals surface area contributed by atoms with Gasteiger partial charge in [-0.1, -0.05) is 214 Å². The molecule has 10 heteroatoms. The molecule has 0 spiro atoms. The van der Waals surface area contributed by atoms with Gasteiger partial charge in [0.15, 0.2) is 0 Å². The predicted octanol–water partition coefficient (Wildman–Crippen LogP) is 17.8. The first-order valence-electron chi connectivity index (χ1n) is 29.2. The predicted molar refractivity (Wildman–Crippen MR) is 313 cm³/mol. The molecule has 0 saturated carbocycles. The average molecular weight is 1040 g/mol. The minimum absolute atomic E-state index is 0.0246. The summed E-state index contributed by atoms with van der Waals surface area (Å²) in [7, 11) is 1.45. The molecule has 0 rings (SSSR count). The van der Waals surface area contributed by atoms with Gasteiger partial charge in [0, 0.05) is 12.8 Å². The Morgan fingerprint density at radius 2 is 0.877 bits per heavy atom. The second kappa shape index (κ2) is 52.1. The van der Waals surface area contributed by atoms with Crippen molar-refractivity contribution in [3.8, 4) is 0 Å². The normalized spacial score (nSPS) is 14.6. The number of unbranched alkanes of at least 4 members (excludes halogenated alkanes) is 19. The maximum atomic E-state index is 13.5. The fourth-order valence-corrected chi connectivity index (χ4v) is 8.48. The molecule has 0 fully saturated rings. The van der Waals surface area contributed by atoms with Gasteiger partial charge in [-0.2, -0.15) is 0 Å². The third kappa shape index (κ3) is 53.3. The van der Waals surface area contributed by atoms with Crippen LogP contribution in [0.3, 0.4) is 0 Å². The highest BCUT2D eigenvalue weighted by atomic mass is 31.2. The van der Waals surface area contributed by atoms with Crippen LogP contribution in [-0.2, 0) is 27.9 Å². The number of phosphoric ester groups is 1. The van der Waals surface area contributed by atoms with Crippen LogP contribution in [0.15, 0.2) is 109 Å². The lowest BCUT2D eigenvalue weighted by atomic mass is 10.0. The van der Waals surface area contributed by atoms with Gasteiger partial charge in [-0.05, 0) is 109 Å². The van der Waals surface area contributed by atoms with Gasteiger partial charge in [-0.15, -0.1) is 0 Å². The molecule has 73 heavy (non-hydrogen) atoms. The van der Waals surface area contributed by atoms with E-state index in [1.165, 1.54) is 70.6 Å². The molecule has 0 saturated heterocycles. The summed E-state index contributed by atoms with van der Waals surface area (Å²) in [4.78, 5) is 37.6. The van der Waals surface area contributed by atoms with Gasteiger partial charge >= 0.3 is 13.8 Å². The summed E-state index contributed by atoms with van der Waals surface area (Å²) in [6.45, 7) is 6.73. The van der Waals surface area contributed by atoms with E-state index in [0.717, 1.165) is 116 Å². The maximum absolute atomic E-state index is 13.5. The van der Waals surface area contributed by atoms with Crippen LogP contribution in [0.2, 0.25) is 0 Å². The second-order valence-electron chi connectivity index (χ2n) is 20.4. The van der Waals surface area contributed by atoms with Crippen molar-refractivity contribution in [3.05, 3.63) is 109 Å². The Balaban J connectivity index is 5.40. The maximum Gasteiger partial charge on any atom is 0.472 e. The topological polar surface area (TPSA) is 111 Å². The van der Waals surface area contributed by atoms with Crippen LogP contribution in [-0.4, -0.2) is 74.3 Å². The molecule has 0 aliphatic carbocycles. The van der Waals surface area contributed by atoms with E-state index in [4.69, 9.17) is 13.8 Å². The molecule has 0 radical (unpaired) electrons. The molecule has 0 aliphatic rings. The zero-order valence-electron chi connectivity index (χ0n) is 47.6. The summed E-state index contributed by atoms with van der Waals surface area (Å²) in [5, 5.41) is 3.02. The second-order valence-corrected chi connectivity index (χ2v) is 21.9. The number of quaternary nitrogens is 1. The Hall–Kier alpha value is -3.33. The summed E-state index contributed by atoms with van der Waals surface area (Å²) in [5.41, 5.74) is 0. The van der Waals surface area contributed by atoms with Gasteiger partial charge in [-0.25, -0.2) is 4.57 Å². The molecular weight excluding hydrogens is 928 g/mol. The van der Waals surface area contributed by atoms with Crippen LogP contribution in [0.4, 0.5) is 0 Å². The van der Waals surface area contributed by atoms with Gasteiger partial charge in [-0.3, -0.25) is 18.6 Å². The van der Waals surface area contributed by atoms with Crippen LogP contribution in [0.25, 0.3) is 0 Å². The van der Waals surface area contributed by atoms with Crippen LogP contribution >= 0.6 is 7.82 Å². The van der Waals surface area contributed by atoms with E-state index in [-0.39, 0.29) is 37.9 Å². The summed E-state index contributed by atoms with van der Waals surface area (Å²) >= 11 is 0. The van der Waals surface area contributed by atoms with Crippen molar-refractivity contribution in [1.29, 1.82) is 0 Å². The number of nitrogens with zero attached hydrogens (tertiary/aromatic N) is 1. The van der Waals surface area contributed by atoms with E-state index >= 15 is 0 Å². The fraction of sp³-hybridized carbons (Fsp3) is 0.683. The molecule has 1 amide bonds. The third-order valence-electron chi connectivity index (χ3n) is 12.2. The summed E-state index contributed by atoms with van der Waals surface area (Å²) in [6.07, 6.45) is 70.9. The number of likely N-dealkylation sites (N-methyl/N-ethyl adjacent to an activating group) is 1. The van der Waals surface area contributed by atoms with Crippen LogP contribution in [0, 0.1) is 0 Å². The molecule has 0 aliphatic heterocycles. The molecule has 3 unspecified atom stereocenters. The molecule has 0 aromatic rings. The number of phosphoric acid groups is 1. The van der Waals surface area contributed by atoms with Crippen LogP contribution in [0.5, 0.6) is 0 Å². The SMILES string of the molecule is CC/C=C\C/C=C\C/C=C\C/C=C\C/C=C\C/C=C\CCCCC(=O)NC(COP(=O)(O)OCC[N+](C)(C)C)C(/C=C\CCCCCCCCCCCC)OC(=O)CCCCCCCCC/C=C/C/C=C/CC. The van der Waals surface area contributed by atoms with E-state index < -0.39 is 20.0 Å². The minimum Gasteiger partial charge on any atom is -0.456 e. The highest BCUT2D eigenvalue weighted by Crippen LogP contribution is 2.43. The lowest BCUT2D eigenvalue weighted by molar-refractivity contribution is -0.870. The number of ether oxygens (including phenoxy) is 1. The quantitative estimate of drug-likeness (QED) is 0.0205. The number of hydrogen-bond acceptors (Lipinski definition) is 6. The zero-order valence-corrected chi connectivity index (χ0v) is 48.5. The minimum atomic E-state index is -4.47. The van der Waals surface area contributed by atoms with Gasteiger partial charge in [0.25, 0.3) is 0 Å². The molecule has 2 N–H and O–H groups in total. The highest BCUT2D eigenvalue weighted by molar-refractivity contribution is 7.47. The smallest absolute Gasteiger partial charge is 0.456 e. The van der Waals surface area contributed by atoms with Gasteiger partial charge in [0.2, 0.25) is 5.91 Å². The number of nitrogens with one attached hydrogen (secondary N) is 1. The van der Waals surface area contributed by atoms with Crippen LogP contribution < -0.4 is 5.32 Å². The average Bonchev–Trinajstić information content (AvgIpc) is 3.35. The van der Waals surface area contributed by atoms with E-state index in [9.17, 15) is 19.0 Å². The summed E-state index contributed by atoms with van der Waals surface area (Å²) < 4.78 is 30.6. The van der Waals surface area contributed by atoms with Crippen molar-refractivity contribution in [2.75, 3.05) is 40.9 Å². The number of esters is 1. The molecular formula is C63H110N2O7P+. The van der Waals surface area contributed by atoms with Crippen molar-refractivity contribution in [1.82, 2.24) is 5.32 Å². The van der Waals surface area contributed by atoms with Crippen molar-refractivity contribution in [3.63, 3.8) is 0 Å². The van der Waals surface area contributed by atoms with Crippen molar-refractivity contribution in [2.24, 2.45) is 0 Å². The molecule has 0 aromatic carbocycles. The van der Waals surface area contributed by atoms with Gasteiger partial charge in [0.1, 0.15) is 19.3 Å². The van der Waals surface area contributed by atoms with E-state index in [1.807, 2.05) is 33.3 Å². The van der Waals surface area contributed by atoms with Crippen LogP contribution in [0.1, 0.15) is 226 Å². The Bertz CT molecular complexity index is 1620. The lowest BCUT2D eigenvalue weighted by Gasteiger charge is -2.27. The number of allylic oxidation sites excluding steroid dienone is 17. The number of amides is 1. The molecule has 418 valence electrons. The lowest BCUT2D eigenvalue weighted by Crippen LogP contribution is -2.47. The van der Waals surface area contributed by atoms with Crippen molar-refractivity contribution < 1.29 is 37.3 Å². The molecule has 0 bridgehead atoms. The first-order chi connectivity index (χ1) is 35.4.